The fourth-order valence-electron chi connectivity index (χ4n) is 2.34. The Bertz CT molecular complexity index is 401. The Hall–Kier alpha value is -1.16. The minimum atomic E-state index is -0.515. The maximum atomic E-state index is 13.7. The molecular weight excluding hydrogens is 234 g/mol. The van der Waals surface area contributed by atoms with Crippen LogP contribution in [-0.4, -0.2) is 31.1 Å². The summed E-state index contributed by atoms with van der Waals surface area (Å²) in [4.78, 5) is 2.39. The van der Waals surface area contributed by atoms with E-state index in [0.717, 1.165) is 26.1 Å². The van der Waals surface area contributed by atoms with Gasteiger partial charge >= 0.3 is 0 Å². The van der Waals surface area contributed by atoms with Gasteiger partial charge in [0.25, 0.3) is 0 Å². The standard InChI is InChI=1S/C14H20F2N2/c1-11-5-6-12(15)14(13(11)16)17-7-4-10-18-8-2-3-9-18/h5-6,17H,2-4,7-10H2,1H3. The van der Waals surface area contributed by atoms with Gasteiger partial charge in [-0.3, -0.25) is 0 Å². The molecule has 0 spiro atoms. The molecule has 1 aromatic carbocycles. The predicted molar refractivity (Wildman–Crippen MR) is 69.9 cm³/mol. The van der Waals surface area contributed by atoms with Crippen molar-refractivity contribution >= 4 is 5.69 Å². The van der Waals surface area contributed by atoms with E-state index in [1.807, 2.05) is 0 Å². The Labute approximate surface area is 107 Å². The molecule has 1 aliphatic rings. The van der Waals surface area contributed by atoms with E-state index in [1.54, 1.807) is 6.92 Å². The van der Waals surface area contributed by atoms with Crippen molar-refractivity contribution in [3.05, 3.63) is 29.3 Å². The zero-order chi connectivity index (χ0) is 13.0. The van der Waals surface area contributed by atoms with Crippen molar-refractivity contribution in [3.8, 4) is 0 Å². The summed E-state index contributed by atoms with van der Waals surface area (Å²) in [6.45, 7) is 5.57. The first-order valence-corrected chi connectivity index (χ1v) is 6.59. The Balaban J connectivity index is 1.80. The monoisotopic (exact) mass is 254 g/mol. The lowest BCUT2D eigenvalue weighted by Crippen LogP contribution is -2.22. The molecule has 2 rings (SSSR count). The smallest absolute Gasteiger partial charge is 0.152 e. The third-order valence-corrected chi connectivity index (χ3v) is 3.44. The molecule has 1 heterocycles. The largest absolute Gasteiger partial charge is 0.380 e. The van der Waals surface area contributed by atoms with Crippen LogP contribution in [0.25, 0.3) is 0 Å². The summed E-state index contributed by atoms with van der Waals surface area (Å²) in [6.07, 6.45) is 3.45. The summed E-state index contributed by atoms with van der Waals surface area (Å²) in [5, 5.41) is 2.87. The average molecular weight is 254 g/mol. The van der Waals surface area contributed by atoms with Crippen molar-refractivity contribution in [2.75, 3.05) is 31.5 Å². The number of hydrogen-bond donors (Lipinski definition) is 1. The van der Waals surface area contributed by atoms with Crippen molar-refractivity contribution in [1.82, 2.24) is 4.90 Å². The molecule has 1 N–H and O–H groups in total. The number of nitrogens with one attached hydrogen (secondary N) is 1. The lowest BCUT2D eigenvalue weighted by atomic mass is 10.2. The summed E-state index contributed by atoms with van der Waals surface area (Å²) in [5.74, 6) is -0.990. The topological polar surface area (TPSA) is 15.3 Å². The third kappa shape index (κ3) is 3.19. The predicted octanol–water partition coefficient (Wildman–Crippen LogP) is 3.17. The van der Waals surface area contributed by atoms with Crippen molar-refractivity contribution in [2.45, 2.75) is 26.2 Å². The van der Waals surface area contributed by atoms with Crippen LogP contribution in [0.15, 0.2) is 12.1 Å². The highest BCUT2D eigenvalue weighted by atomic mass is 19.1. The summed E-state index contributed by atoms with van der Waals surface area (Å²) in [5.41, 5.74) is 0.481. The van der Waals surface area contributed by atoms with Gasteiger partial charge in [-0.25, -0.2) is 8.78 Å². The lowest BCUT2D eigenvalue weighted by Gasteiger charge is -2.15. The van der Waals surface area contributed by atoms with Gasteiger partial charge in [-0.05, 0) is 57.5 Å². The zero-order valence-electron chi connectivity index (χ0n) is 10.8. The van der Waals surface area contributed by atoms with E-state index in [4.69, 9.17) is 0 Å². The van der Waals surface area contributed by atoms with Crippen LogP contribution in [0.2, 0.25) is 0 Å². The molecule has 1 aromatic rings. The first kappa shape index (κ1) is 13.3. The van der Waals surface area contributed by atoms with E-state index in [-0.39, 0.29) is 5.69 Å². The Morgan fingerprint density at radius 2 is 1.94 bits per heavy atom. The van der Waals surface area contributed by atoms with Crippen molar-refractivity contribution in [1.29, 1.82) is 0 Å². The molecule has 18 heavy (non-hydrogen) atoms. The van der Waals surface area contributed by atoms with Crippen LogP contribution in [0.1, 0.15) is 24.8 Å². The highest BCUT2D eigenvalue weighted by Crippen LogP contribution is 2.21. The quantitative estimate of drug-likeness (QED) is 0.812. The van der Waals surface area contributed by atoms with Gasteiger partial charge in [-0.15, -0.1) is 0 Å². The van der Waals surface area contributed by atoms with Crippen LogP contribution >= 0.6 is 0 Å². The van der Waals surface area contributed by atoms with Crippen molar-refractivity contribution < 1.29 is 8.78 Å². The maximum absolute atomic E-state index is 13.7. The molecule has 0 aromatic heterocycles. The number of likely N-dealkylation sites (tertiary alicyclic amines) is 1. The lowest BCUT2D eigenvalue weighted by molar-refractivity contribution is 0.337. The molecule has 0 atom stereocenters. The second-order valence-electron chi connectivity index (χ2n) is 4.88. The highest BCUT2D eigenvalue weighted by molar-refractivity contribution is 5.48. The Morgan fingerprint density at radius 3 is 2.67 bits per heavy atom. The number of benzene rings is 1. The summed E-state index contributed by atoms with van der Waals surface area (Å²) < 4.78 is 27.1. The van der Waals surface area contributed by atoms with E-state index in [2.05, 4.69) is 10.2 Å². The molecule has 0 unspecified atom stereocenters. The molecular formula is C14H20F2N2. The molecule has 1 saturated heterocycles. The first-order valence-electron chi connectivity index (χ1n) is 6.59. The maximum Gasteiger partial charge on any atom is 0.152 e. The molecule has 1 aliphatic heterocycles. The number of rotatable bonds is 5. The average Bonchev–Trinajstić information content (AvgIpc) is 2.86. The Kier molecular flexibility index (Phi) is 4.53. The SMILES string of the molecule is Cc1ccc(F)c(NCCCN2CCCC2)c1F. The van der Waals surface area contributed by atoms with Gasteiger partial charge in [-0.1, -0.05) is 6.07 Å². The molecule has 0 radical (unpaired) electrons. The summed E-state index contributed by atoms with van der Waals surface area (Å²) >= 11 is 0. The van der Waals surface area contributed by atoms with Crippen LogP contribution < -0.4 is 5.32 Å². The summed E-state index contributed by atoms with van der Waals surface area (Å²) in [6, 6.07) is 2.77. The van der Waals surface area contributed by atoms with Crippen molar-refractivity contribution in [2.24, 2.45) is 0 Å². The fourth-order valence-corrected chi connectivity index (χ4v) is 2.34. The Morgan fingerprint density at radius 1 is 1.22 bits per heavy atom. The van der Waals surface area contributed by atoms with Crippen LogP contribution in [0, 0.1) is 18.6 Å². The second-order valence-corrected chi connectivity index (χ2v) is 4.88. The van der Waals surface area contributed by atoms with Gasteiger partial charge in [0.1, 0.15) is 11.5 Å². The first-order chi connectivity index (χ1) is 8.68. The molecule has 4 heteroatoms. The van der Waals surface area contributed by atoms with Crippen LogP contribution in [-0.2, 0) is 0 Å². The summed E-state index contributed by atoms with van der Waals surface area (Å²) in [7, 11) is 0. The molecule has 0 saturated carbocycles. The second kappa shape index (κ2) is 6.14. The highest BCUT2D eigenvalue weighted by Gasteiger charge is 2.12. The molecule has 100 valence electrons. The molecule has 2 nitrogen and oxygen atoms in total. The zero-order valence-corrected chi connectivity index (χ0v) is 10.8. The third-order valence-electron chi connectivity index (χ3n) is 3.44. The van der Waals surface area contributed by atoms with E-state index in [1.165, 1.54) is 25.0 Å². The van der Waals surface area contributed by atoms with E-state index >= 15 is 0 Å². The number of aryl methyl sites for hydroxylation is 1. The normalized spacial score (nSPS) is 16.2. The van der Waals surface area contributed by atoms with Gasteiger partial charge in [0, 0.05) is 6.54 Å². The van der Waals surface area contributed by atoms with Gasteiger partial charge in [0.15, 0.2) is 5.82 Å². The molecule has 1 fully saturated rings. The van der Waals surface area contributed by atoms with Crippen LogP contribution in [0.5, 0.6) is 0 Å². The van der Waals surface area contributed by atoms with Gasteiger partial charge in [-0.2, -0.15) is 0 Å². The number of anilines is 1. The minimum absolute atomic E-state index is 0.0106. The molecule has 0 amide bonds. The fraction of sp³-hybridized carbons (Fsp3) is 0.571. The van der Waals surface area contributed by atoms with E-state index < -0.39 is 11.6 Å². The minimum Gasteiger partial charge on any atom is -0.380 e. The van der Waals surface area contributed by atoms with E-state index in [0.29, 0.717) is 12.1 Å². The number of hydrogen-bond acceptors (Lipinski definition) is 2. The van der Waals surface area contributed by atoms with Crippen molar-refractivity contribution in [3.63, 3.8) is 0 Å². The van der Waals surface area contributed by atoms with Crippen LogP contribution in [0.4, 0.5) is 14.5 Å². The molecule has 0 bridgehead atoms. The van der Waals surface area contributed by atoms with Gasteiger partial charge < -0.3 is 10.2 Å². The molecule has 0 aliphatic carbocycles. The van der Waals surface area contributed by atoms with Gasteiger partial charge in [0.2, 0.25) is 0 Å². The number of nitrogens with zero attached hydrogens (tertiary/aromatic N) is 1. The number of halogens is 2. The van der Waals surface area contributed by atoms with E-state index in [9.17, 15) is 8.78 Å². The van der Waals surface area contributed by atoms with Crippen LogP contribution in [0.3, 0.4) is 0 Å². The van der Waals surface area contributed by atoms with Gasteiger partial charge in [0.05, 0.1) is 0 Å².